The Morgan fingerprint density at radius 1 is 1.47 bits per heavy atom. The molecule has 19 heavy (non-hydrogen) atoms. The van der Waals surface area contributed by atoms with Crippen molar-refractivity contribution < 1.29 is 9.59 Å². The highest BCUT2D eigenvalue weighted by Gasteiger charge is 2.39. The zero-order chi connectivity index (χ0) is 14.0. The van der Waals surface area contributed by atoms with Gasteiger partial charge in [0.1, 0.15) is 17.9 Å². The predicted octanol–water partition coefficient (Wildman–Crippen LogP) is 0.901. The monoisotopic (exact) mass is 258 g/mol. The third-order valence-corrected chi connectivity index (χ3v) is 2.91. The molecule has 1 unspecified atom stereocenters. The zero-order valence-electron chi connectivity index (χ0n) is 10.8. The van der Waals surface area contributed by atoms with Crippen molar-refractivity contribution in [3.8, 4) is 6.07 Å². The normalized spacial score (nSPS) is 18.8. The topological polar surface area (TPSA) is 86.1 Å². The summed E-state index contributed by atoms with van der Waals surface area (Å²) >= 11 is 0. The summed E-state index contributed by atoms with van der Waals surface area (Å²) in [6.07, 6.45) is 1.56. The Bertz CT molecular complexity index is 545. The van der Waals surface area contributed by atoms with E-state index in [1.54, 1.807) is 26.0 Å². The molecule has 0 spiro atoms. The highest BCUT2D eigenvalue weighted by Crippen LogP contribution is 2.19. The van der Waals surface area contributed by atoms with Gasteiger partial charge in [-0.15, -0.1) is 0 Å². The van der Waals surface area contributed by atoms with Crippen LogP contribution in [0.1, 0.15) is 25.8 Å². The average molecular weight is 258 g/mol. The van der Waals surface area contributed by atoms with E-state index in [1.165, 1.54) is 11.1 Å². The molecule has 2 amide bonds. The Hall–Kier alpha value is -2.42. The summed E-state index contributed by atoms with van der Waals surface area (Å²) in [7, 11) is 0. The Morgan fingerprint density at radius 2 is 2.21 bits per heavy atom. The molecule has 1 aromatic rings. The van der Waals surface area contributed by atoms with E-state index in [0.29, 0.717) is 11.4 Å². The molecule has 1 saturated heterocycles. The molecule has 0 bridgehead atoms. The molecule has 6 nitrogen and oxygen atoms in total. The molecule has 1 aromatic heterocycles. The lowest BCUT2D eigenvalue weighted by molar-refractivity contribution is -0.140. The minimum absolute atomic E-state index is 0.138. The number of carbonyl (C=O) groups is 2. The van der Waals surface area contributed by atoms with Crippen molar-refractivity contribution in [2.45, 2.75) is 32.4 Å². The van der Waals surface area contributed by atoms with E-state index in [1.807, 2.05) is 6.07 Å². The number of hydrogen-bond donors (Lipinski definition) is 1. The van der Waals surface area contributed by atoms with E-state index in [4.69, 9.17) is 5.26 Å². The van der Waals surface area contributed by atoms with Crippen molar-refractivity contribution in [3.05, 3.63) is 23.9 Å². The molecule has 1 N–H and O–H groups in total. The van der Waals surface area contributed by atoms with Gasteiger partial charge in [0.05, 0.1) is 12.0 Å². The number of nitriles is 1. The molecule has 0 aliphatic carbocycles. The molecule has 2 rings (SSSR count). The van der Waals surface area contributed by atoms with Gasteiger partial charge in [0, 0.05) is 12.2 Å². The predicted molar refractivity (Wildman–Crippen MR) is 68.0 cm³/mol. The number of anilines is 1. The molecule has 1 atom stereocenters. The van der Waals surface area contributed by atoms with E-state index in [9.17, 15) is 9.59 Å². The van der Waals surface area contributed by atoms with Crippen LogP contribution in [0.4, 0.5) is 5.82 Å². The second-order valence-electron chi connectivity index (χ2n) is 4.64. The van der Waals surface area contributed by atoms with E-state index >= 15 is 0 Å². The molecule has 0 saturated carbocycles. The van der Waals surface area contributed by atoms with Crippen LogP contribution in [0.25, 0.3) is 0 Å². The number of nitrogens with one attached hydrogen (secondary N) is 1. The first kappa shape index (κ1) is 13.0. The lowest BCUT2D eigenvalue weighted by atomic mass is 10.2. The van der Waals surface area contributed by atoms with Crippen LogP contribution in [0.2, 0.25) is 0 Å². The maximum atomic E-state index is 12.0. The first-order valence-electron chi connectivity index (χ1n) is 6.01. The van der Waals surface area contributed by atoms with Crippen molar-refractivity contribution in [1.82, 2.24) is 9.88 Å². The SMILES string of the molecule is CC(C)N1C(=O)CC(Nc2ccc(C#N)cn2)C1=O. The van der Waals surface area contributed by atoms with Gasteiger partial charge in [-0.2, -0.15) is 5.26 Å². The molecule has 1 fully saturated rings. The summed E-state index contributed by atoms with van der Waals surface area (Å²) in [5, 5.41) is 11.6. The standard InChI is InChI=1S/C13H14N4O2/c1-8(2)17-12(18)5-10(13(17)19)16-11-4-3-9(6-14)7-15-11/h3-4,7-8,10H,5H2,1-2H3,(H,15,16). The number of rotatable bonds is 3. The third kappa shape index (κ3) is 2.55. The van der Waals surface area contributed by atoms with Crippen molar-refractivity contribution >= 4 is 17.6 Å². The summed E-state index contributed by atoms with van der Waals surface area (Å²) in [5.41, 5.74) is 0.447. The van der Waals surface area contributed by atoms with Crippen molar-refractivity contribution in [2.75, 3.05) is 5.32 Å². The van der Waals surface area contributed by atoms with Crippen LogP contribution >= 0.6 is 0 Å². The van der Waals surface area contributed by atoms with Crippen LogP contribution in [0.3, 0.4) is 0 Å². The number of imide groups is 1. The van der Waals surface area contributed by atoms with Gasteiger partial charge >= 0.3 is 0 Å². The van der Waals surface area contributed by atoms with Gasteiger partial charge in [-0.05, 0) is 26.0 Å². The van der Waals surface area contributed by atoms with Crippen LogP contribution in [0.5, 0.6) is 0 Å². The summed E-state index contributed by atoms with van der Waals surface area (Å²) in [4.78, 5) is 29.1. The summed E-state index contributed by atoms with van der Waals surface area (Å²) in [5.74, 6) is 0.0769. The quantitative estimate of drug-likeness (QED) is 0.814. The van der Waals surface area contributed by atoms with Gasteiger partial charge < -0.3 is 5.32 Å². The van der Waals surface area contributed by atoms with E-state index in [0.717, 1.165) is 0 Å². The number of amides is 2. The van der Waals surface area contributed by atoms with Crippen molar-refractivity contribution in [1.29, 1.82) is 5.26 Å². The highest BCUT2D eigenvalue weighted by molar-refractivity contribution is 6.07. The summed E-state index contributed by atoms with van der Waals surface area (Å²) < 4.78 is 0. The van der Waals surface area contributed by atoms with E-state index in [-0.39, 0.29) is 24.3 Å². The number of pyridine rings is 1. The number of likely N-dealkylation sites (tertiary alicyclic amines) is 1. The Labute approximate surface area is 111 Å². The van der Waals surface area contributed by atoms with Gasteiger partial charge in [-0.25, -0.2) is 4.98 Å². The smallest absolute Gasteiger partial charge is 0.252 e. The van der Waals surface area contributed by atoms with Crippen LogP contribution < -0.4 is 5.32 Å². The van der Waals surface area contributed by atoms with Gasteiger partial charge in [0.2, 0.25) is 5.91 Å². The Kier molecular flexibility index (Phi) is 3.47. The number of hydrogen-bond acceptors (Lipinski definition) is 5. The zero-order valence-corrected chi connectivity index (χ0v) is 10.8. The molecule has 0 radical (unpaired) electrons. The van der Waals surface area contributed by atoms with Crippen LogP contribution in [0.15, 0.2) is 18.3 Å². The first-order chi connectivity index (χ1) is 9.02. The summed E-state index contributed by atoms with van der Waals surface area (Å²) in [6, 6.07) is 4.48. The van der Waals surface area contributed by atoms with E-state index < -0.39 is 6.04 Å². The largest absolute Gasteiger partial charge is 0.358 e. The lowest BCUT2D eigenvalue weighted by Crippen LogP contribution is -2.39. The van der Waals surface area contributed by atoms with E-state index in [2.05, 4.69) is 10.3 Å². The molecule has 0 aromatic carbocycles. The minimum atomic E-state index is -0.574. The minimum Gasteiger partial charge on any atom is -0.358 e. The van der Waals surface area contributed by atoms with Crippen molar-refractivity contribution in [3.63, 3.8) is 0 Å². The van der Waals surface area contributed by atoms with Gasteiger partial charge in [0.25, 0.3) is 5.91 Å². The maximum absolute atomic E-state index is 12.0. The fourth-order valence-corrected chi connectivity index (χ4v) is 2.03. The highest BCUT2D eigenvalue weighted by atomic mass is 16.2. The van der Waals surface area contributed by atoms with Crippen LogP contribution in [-0.4, -0.2) is 33.8 Å². The van der Waals surface area contributed by atoms with Crippen molar-refractivity contribution in [2.24, 2.45) is 0 Å². The van der Waals surface area contributed by atoms with Gasteiger partial charge in [-0.3, -0.25) is 14.5 Å². The number of nitrogens with zero attached hydrogens (tertiary/aromatic N) is 3. The second kappa shape index (κ2) is 5.06. The van der Waals surface area contributed by atoms with Crippen LogP contribution in [-0.2, 0) is 9.59 Å². The molecule has 1 aliphatic heterocycles. The second-order valence-corrected chi connectivity index (χ2v) is 4.64. The Balaban J connectivity index is 2.10. The molecule has 1 aliphatic rings. The number of carbonyl (C=O) groups excluding carboxylic acids is 2. The average Bonchev–Trinajstić information content (AvgIpc) is 2.65. The van der Waals surface area contributed by atoms with Crippen LogP contribution in [0, 0.1) is 11.3 Å². The molecule has 6 heteroatoms. The Morgan fingerprint density at radius 3 is 2.68 bits per heavy atom. The van der Waals surface area contributed by atoms with Gasteiger partial charge in [-0.1, -0.05) is 0 Å². The fraction of sp³-hybridized carbons (Fsp3) is 0.385. The van der Waals surface area contributed by atoms with Gasteiger partial charge in [0.15, 0.2) is 0 Å². The summed E-state index contributed by atoms with van der Waals surface area (Å²) in [6.45, 7) is 3.61. The number of aromatic nitrogens is 1. The maximum Gasteiger partial charge on any atom is 0.252 e. The third-order valence-electron chi connectivity index (χ3n) is 2.91. The first-order valence-corrected chi connectivity index (χ1v) is 6.01. The molecule has 2 heterocycles. The molecule has 98 valence electrons. The lowest BCUT2D eigenvalue weighted by Gasteiger charge is -2.19. The fourth-order valence-electron chi connectivity index (χ4n) is 2.03. The molecular formula is C13H14N4O2. The molecular weight excluding hydrogens is 244 g/mol.